The number of thioether (sulfide) groups is 1. The van der Waals surface area contributed by atoms with Crippen LogP contribution in [0.1, 0.15) is 49.4 Å². The Balaban J connectivity index is 1.41. The fraction of sp³-hybridized carbons (Fsp3) is 0.700. The number of aliphatic hydroxyl groups excluding tert-OH is 1. The van der Waals surface area contributed by atoms with Crippen LogP contribution in [0.3, 0.4) is 0 Å². The Kier molecular flexibility index (Phi) is 10.5. The highest BCUT2D eigenvalue weighted by atomic mass is 32.2. The first-order chi connectivity index (χ1) is 21.4. The van der Waals surface area contributed by atoms with Gasteiger partial charge in [0.15, 0.2) is 0 Å². The van der Waals surface area contributed by atoms with Crippen LogP contribution in [0.25, 0.3) is 11.3 Å². The summed E-state index contributed by atoms with van der Waals surface area (Å²) in [5, 5.41) is 26.0. The van der Waals surface area contributed by atoms with Gasteiger partial charge >= 0.3 is 6.18 Å². The second-order valence-electron chi connectivity index (χ2n) is 13.0. The number of rotatable bonds is 10. The molecule has 5 rings (SSSR count). The largest absolute Gasteiger partial charge is 0.417 e. The zero-order chi connectivity index (χ0) is 33.5. The van der Waals surface area contributed by atoms with E-state index < -0.39 is 45.9 Å². The second-order valence-corrected chi connectivity index (χ2v) is 16.2. The van der Waals surface area contributed by atoms with E-state index >= 15 is 0 Å². The number of sulfonamides is 1. The summed E-state index contributed by atoms with van der Waals surface area (Å²) in [6.45, 7) is 3.96. The maximum atomic E-state index is 14.0. The van der Waals surface area contributed by atoms with Crippen LogP contribution in [0, 0.1) is 0 Å². The number of β-amino-alcohol motifs (C(OH)–C–C–N with tert-alkyl or cyclic N) is 1. The Bertz CT molecular complexity index is 1490. The van der Waals surface area contributed by atoms with E-state index in [4.69, 9.17) is 5.10 Å². The number of aliphatic hydroxyl groups is 2. The number of likely N-dealkylation sites (tertiary alicyclic amines) is 2. The molecule has 0 radical (unpaired) electrons. The summed E-state index contributed by atoms with van der Waals surface area (Å²) in [4.78, 5) is 3.58. The second kappa shape index (κ2) is 13.6. The van der Waals surface area contributed by atoms with E-state index in [1.807, 2.05) is 0 Å². The van der Waals surface area contributed by atoms with Crippen molar-refractivity contribution in [2.75, 3.05) is 57.8 Å². The molecular weight excluding hydrogens is 653 g/mol. The molecular formula is C30H42F5N5O4S2. The Hall–Kier alpha value is -1.82. The van der Waals surface area contributed by atoms with Crippen LogP contribution in [-0.4, -0.2) is 118 Å². The first-order valence-corrected chi connectivity index (χ1v) is 18.3. The van der Waals surface area contributed by atoms with Crippen molar-refractivity contribution in [2.45, 2.75) is 80.8 Å². The minimum atomic E-state index is -4.64. The molecule has 3 aliphatic heterocycles. The molecule has 0 amide bonds. The van der Waals surface area contributed by atoms with Crippen molar-refractivity contribution >= 4 is 21.8 Å². The van der Waals surface area contributed by atoms with Crippen molar-refractivity contribution in [1.82, 2.24) is 23.9 Å². The molecule has 258 valence electrons. The molecule has 3 aliphatic rings. The quantitative estimate of drug-likeness (QED) is 0.285. The normalized spacial score (nSPS) is 22.1. The van der Waals surface area contributed by atoms with E-state index in [0.717, 1.165) is 29.8 Å². The third-order valence-corrected chi connectivity index (χ3v) is 11.3. The van der Waals surface area contributed by atoms with Gasteiger partial charge in [-0.25, -0.2) is 17.2 Å². The fourth-order valence-electron chi connectivity index (χ4n) is 6.45. The number of fused-ring (bicyclic) bond motifs is 1. The zero-order valence-corrected chi connectivity index (χ0v) is 27.7. The van der Waals surface area contributed by atoms with Crippen LogP contribution in [-0.2, 0) is 35.7 Å². The van der Waals surface area contributed by atoms with Crippen LogP contribution in [0.15, 0.2) is 23.1 Å². The van der Waals surface area contributed by atoms with Gasteiger partial charge in [0.2, 0.25) is 10.0 Å². The molecule has 1 atom stereocenters. The van der Waals surface area contributed by atoms with Crippen molar-refractivity contribution in [3.05, 3.63) is 35.0 Å². The van der Waals surface area contributed by atoms with Crippen LogP contribution < -0.4 is 0 Å². The number of hydrogen-bond donors (Lipinski definition) is 2. The average Bonchev–Trinajstić information content (AvgIpc) is 3.30. The molecule has 1 aromatic carbocycles. The lowest BCUT2D eigenvalue weighted by atomic mass is 9.94. The van der Waals surface area contributed by atoms with Gasteiger partial charge in [-0.05, 0) is 44.9 Å². The SMILES string of the molecule is CC1(O)CCN(C[C@H](O)Cn2nc(-c3ccc(C(F)(F)F)c(SCCN4CCCC(F)(F)C4)c3)c3c2CCN(S(C)(=O)=O)C3)CC1. The average molecular weight is 696 g/mol. The smallest absolute Gasteiger partial charge is 0.390 e. The summed E-state index contributed by atoms with van der Waals surface area (Å²) in [7, 11) is -3.57. The van der Waals surface area contributed by atoms with Crippen LogP contribution in [0.2, 0.25) is 0 Å². The van der Waals surface area contributed by atoms with Gasteiger partial charge in [0, 0.05) is 79.6 Å². The highest BCUT2D eigenvalue weighted by molar-refractivity contribution is 7.99. The third-order valence-electron chi connectivity index (χ3n) is 9.05. The molecule has 0 saturated carbocycles. The monoisotopic (exact) mass is 695 g/mol. The van der Waals surface area contributed by atoms with Gasteiger partial charge in [0.1, 0.15) is 0 Å². The zero-order valence-electron chi connectivity index (χ0n) is 26.1. The number of piperidine rings is 2. The van der Waals surface area contributed by atoms with E-state index in [2.05, 4.69) is 4.90 Å². The summed E-state index contributed by atoms with van der Waals surface area (Å²) in [5.74, 6) is -2.63. The lowest BCUT2D eigenvalue weighted by Gasteiger charge is -2.36. The van der Waals surface area contributed by atoms with Gasteiger partial charge < -0.3 is 15.1 Å². The van der Waals surface area contributed by atoms with Gasteiger partial charge in [-0.2, -0.15) is 22.6 Å². The minimum absolute atomic E-state index is 0.00648. The van der Waals surface area contributed by atoms with E-state index in [9.17, 15) is 40.6 Å². The molecule has 2 N–H and O–H groups in total. The molecule has 2 aromatic rings. The molecule has 16 heteroatoms. The molecule has 0 spiro atoms. The minimum Gasteiger partial charge on any atom is -0.390 e. The topological polar surface area (TPSA) is 102 Å². The summed E-state index contributed by atoms with van der Waals surface area (Å²) in [5.41, 5.74) is 0.435. The lowest BCUT2D eigenvalue weighted by Crippen LogP contribution is -2.45. The highest BCUT2D eigenvalue weighted by Crippen LogP contribution is 2.40. The first-order valence-electron chi connectivity index (χ1n) is 15.5. The molecule has 4 heterocycles. The van der Waals surface area contributed by atoms with Crippen molar-refractivity contribution in [2.24, 2.45) is 0 Å². The lowest BCUT2D eigenvalue weighted by molar-refractivity contribution is -0.139. The summed E-state index contributed by atoms with van der Waals surface area (Å²) in [6, 6.07) is 3.69. The Morgan fingerprint density at radius 3 is 2.43 bits per heavy atom. The van der Waals surface area contributed by atoms with Crippen molar-refractivity contribution < 1.29 is 40.6 Å². The van der Waals surface area contributed by atoms with Crippen molar-refractivity contribution in [3.63, 3.8) is 0 Å². The molecule has 9 nitrogen and oxygen atoms in total. The number of aromatic nitrogens is 2. The van der Waals surface area contributed by atoms with Crippen LogP contribution in [0.5, 0.6) is 0 Å². The van der Waals surface area contributed by atoms with Gasteiger partial charge in [0.25, 0.3) is 5.92 Å². The van der Waals surface area contributed by atoms with E-state index in [1.165, 1.54) is 16.4 Å². The fourth-order valence-corrected chi connectivity index (χ4v) is 8.36. The maximum absolute atomic E-state index is 14.0. The van der Waals surface area contributed by atoms with Gasteiger partial charge in [0.05, 0.1) is 42.3 Å². The van der Waals surface area contributed by atoms with Gasteiger partial charge in [-0.15, -0.1) is 11.8 Å². The standard InChI is InChI=1S/C30H42F5N5O4S2/c1-28(42)8-12-37(13-9-28)17-22(41)18-40-25-6-11-39(46(2,43)44)19-23(25)27(36-40)21-4-5-24(30(33,34)35)26(16-21)45-15-14-38-10-3-7-29(31,32)20-38/h4-5,16,22,41-42H,3,6-15,17-20H2,1-2H3/t22-/m0/s1. The third kappa shape index (κ3) is 8.80. The first kappa shape index (κ1) is 35.5. The van der Waals surface area contributed by atoms with Gasteiger partial charge in [-0.3, -0.25) is 9.58 Å². The summed E-state index contributed by atoms with van der Waals surface area (Å²) in [6.07, 6.45) is -2.74. The number of alkyl halides is 5. The number of nitrogens with zero attached hydrogens (tertiary/aromatic N) is 5. The Labute approximate surface area is 270 Å². The number of halogens is 5. The maximum Gasteiger partial charge on any atom is 0.417 e. The molecule has 2 fully saturated rings. The highest BCUT2D eigenvalue weighted by Gasteiger charge is 2.37. The Morgan fingerprint density at radius 2 is 1.78 bits per heavy atom. The van der Waals surface area contributed by atoms with E-state index in [-0.39, 0.29) is 43.2 Å². The van der Waals surface area contributed by atoms with Crippen molar-refractivity contribution in [3.8, 4) is 11.3 Å². The predicted molar refractivity (Wildman–Crippen MR) is 165 cm³/mol. The molecule has 0 bridgehead atoms. The molecule has 1 aromatic heterocycles. The van der Waals surface area contributed by atoms with E-state index in [1.54, 1.807) is 16.5 Å². The number of hydrogen-bond acceptors (Lipinski definition) is 8. The summed E-state index contributed by atoms with van der Waals surface area (Å²) >= 11 is 0.945. The Morgan fingerprint density at radius 1 is 1.07 bits per heavy atom. The number of benzene rings is 1. The summed E-state index contributed by atoms with van der Waals surface area (Å²) < 4.78 is 97.7. The molecule has 0 aliphatic carbocycles. The molecule has 2 saturated heterocycles. The molecule has 0 unspecified atom stereocenters. The van der Waals surface area contributed by atoms with E-state index in [0.29, 0.717) is 68.7 Å². The van der Waals surface area contributed by atoms with Crippen molar-refractivity contribution in [1.29, 1.82) is 0 Å². The molecule has 46 heavy (non-hydrogen) atoms. The van der Waals surface area contributed by atoms with Gasteiger partial charge in [-0.1, -0.05) is 6.07 Å². The predicted octanol–water partition coefficient (Wildman–Crippen LogP) is 3.92. The van der Waals surface area contributed by atoms with Crippen LogP contribution >= 0.6 is 11.8 Å². The van der Waals surface area contributed by atoms with Crippen LogP contribution in [0.4, 0.5) is 22.0 Å².